The topological polar surface area (TPSA) is 32.8 Å². The van der Waals surface area contributed by atoms with Gasteiger partial charge in [0.05, 0.1) is 7.11 Å². The third kappa shape index (κ3) is 3.41. The van der Waals surface area contributed by atoms with Crippen LogP contribution in [-0.2, 0) is 11.3 Å². The van der Waals surface area contributed by atoms with Gasteiger partial charge in [0, 0.05) is 37.2 Å². The Morgan fingerprint density at radius 2 is 2.00 bits per heavy atom. The summed E-state index contributed by atoms with van der Waals surface area (Å²) in [6.45, 7) is 4.48. The summed E-state index contributed by atoms with van der Waals surface area (Å²) in [6.07, 6.45) is 4.97. The van der Waals surface area contributed by atoms with Crippen LogP contribution in [-0.4, -0.2) is 48.0 Å². The highest BCUT2D eigenvalue weighted by atomic mass is 19.1. The number of likely N-dealkylation sites (tertiary alicyclic amines) is 2. The van der Waals surface area contributed by atoms with Gasteiger partial charge in [-0.2, -0.15) is 0 Å². The summed E-state index contributed by atoms with van der Waals surface area (Å²) < 4.78 is 19.0. The smallest absolute Gasteiger partial charge is 0.222 e. The van der Waals surface area contributed by atoms with Crippen molar-refractivity contribution < 1.29 is 13.9 Å². The molecule has 5 heteroatoms. The average Bonchev–Trinajstić information content (AvgIpc) is 3.23. The Kier molecular flexibility index (Phi) is 5.39. The van der Waals surface area contributed by atoms with E-state index in [0.717, 1.165) is 50.1 Å². The molecule has 2 aliphatic heterocycles. The van der Waals surface area contributed by atoms with Crippen molar-refractivity contribution in [1.29, 1.82) is 0 Å². The average molecular weight is 334 g/mol. The van der Waals surface area contributed by atoms with Gasteiger partial charge in [-0.25, -0.2) is 4.39 Å². The first kappa shape index (κ1) is 17.2. The molecule has 0 spiro atoms. The van der Waals surface area contributed by atoms with E-state index in [2.05, 4.69) is 9.80 Å². The second-order valence-corrected chi connectivity index (χ2v) is 6.79. The van der Waals surface area contributed by atoms with Crippen LogP contribution in [0, 0.1) is 5.82 Å². The molecular weight excluding hydrogens is 307 g/mol. The molecule has 2 saturated heterocycles. The molecule has 1 aromatic carbocycles. The van der Waals surface area contributed by atoms with Gasteiger partial charge in [-0.15, -0.1) is 0 Å². The molecule has 132 valence electrons. The van der Waals surface area contributed by atoms with Crippen LogP contribution < -0.4 is 4.74 Å². The SMILES string of the molecule is CCC(=O)N1CCC[C@@H]1[C@@H]1CCCN1Cc1cc(F)ccc1OC. The quantitative estimate of drug-likeness (QED) is 0.829. The summed E-state index contributed by atoms with van der Waals surface area (Å²) in [6, 6.07) is 5.37. The first-order valence-corrected chi connectivity index (χ1v) is 9.00. The minimum atomic E-state index is -0.231. The Bertz CT molecular complexity index is 593. The van der Waals surface area contributed by atoms with Crippen LogP contribution in [0.15, 0.2) is 18.2 Å². The van der Waals surface area contributed by atoms with E-state index < -0.39 is 0 Å². The Balaban J connectivity index is 1.76. The number of methoxy groups -OCH3 is 1. The van der Waals surface area contributed by atoms with E-state index in [4.69, 9.17) is 4.74 Å². The maximum absolute atomic E-state index is 13.6. The number of rotatable bonds is 5. The molecule has 0 radical (unpaired) electrons. The molecule has 0 saturated carbocycles. The second-order valence-electron chi connectivity index (χ2n) is 6.79. The van der Waals surface area contributed by atoms with Gasteiger partial charge in [-0.1, -0.05) is 6.92 Å². The van der Waals surface area contributed by atoms with Gasteiger partial charge < -0.3 is 9.64 Å². The van der Waals surface area contributed by atoms with Gasteiger partial charge in [-0.05, 0) is 50.4 Å². The largest absolute Gasteiger partial charge is 0.496 e. The lowest BCUT2D eigenvalue weighted by Gasteiger charge is -2.35. The van der Waals surface area contributed by atoms with Crippen LogP contribution in [0.25, 0.3) is 0 Å². The molecule has 0 aliphatic carbocycles. The number of benzene rings is 1. The summed E-state index contributed by atoms with van der Waals surface area (Å²) in [5, 5.41) is 0. The molecule has 4 nitrogen and oxygen atoms in total. The minimum Gasteiger partial charge on any atom is -0.496 e. The molecule has 0 bridgehead atoms. The Hall–Kier alpha value is -1.62. The van der Waals surface area contributed by atoms with E-state index in [-0.39, 0.29) is 11.7 Å². The van der Waals surface area contributed by atoms with Crippen LogP contribution in [0.4, 0.5) is 4.39 Å². The number of amides is 1. The number of ether oxygens (including phenoxy) is 1. The fraction of sp³-hybridized carbons (Fsp3) is 0.632. The van der Waals surface area contributed by atoms with Crippen LogP contribution in [0.2, 0.25) is 0 Å². The number of nitrogens with zero attached hydrogens (tertiary/aromatic N) is 2. The van der Waals surface area contributed by atoms with Crippen molar-refractivity contribution in [2.45, 2.75) is 57.7 Å². The van der Waals surface area contributed by atoms with Crippen molar-refractivity contribution in [3.8, 4) is 5.75 Å². The standard InChI is InChI=1S/C19H27FN2O2/c1-3-19(23)22-11-5-7-17(22)16-6-4-10-21(16)13-14-12-15(20)8-9-18(14)24-2/h8-9,12,16-17H,3-7,10-11,13H2,1-2H3/t16-,17+/m0/s1. The summed E-state index contributed by atoms with van der Waals surface area (Å²) in [5.74, 6) is 0.757. The van der Waals surface area contributed by atoms with Crippen molar-refractivity contribution in [2.24, 2.45) is 0 Å². The summed E-state index contributed by atoms with van der Waals surface area (Å²) >= 11 is 0. The Labute approximate surface area is 143 Å². The normalized spacial score (nSPS) is 24.5. The van der Waals surface area contributed by atoms with Crippen molar-refractivity contribution in [3.05, 3.63) is 29.6 Å². The lowest BCUT2D eigenvalue weighted by molar-refractivity contribution is -0.132. The predicted molar refractivity (Wildman–Crippen MR) is 91.4 cm³/mol. The van der Waals surface area contributed by atoms with E-state index in [9.17, 15) is 9.18 Å². The molecule has 0 unspecified atom stereocenters. The first-order chi connectivity index (χ1) is 11.6. The summed E-state index contributed by atoms with van der Waals surface area (Å²) in [7, 11) is 1.62. The lowest BCUT2D eigenvalue weighted by atomic mass is 10.0. The molecule has 1 aromatic rings. The fourth-order valence-electron chi connectivity index (χ4n) is 4.28. The molecule has 2 heterocycles. The Morgan fingerprint density at radius 1 is 1.25 bits per heavy atom. The highest BCUT2D eigenvalue weighted by molar-refractivity contribution is 5.76. The van der Waals surface area contributed by atoms with Crippen molar-refractivity contribution in [3.63, 3.8) is 0 Å². The van der Waals surface area contributed by atoms with Crippen LogP contribution in [0.1, 0.15) is 44.6 Å². The molecule has 2 fully saturated rings. The highest BCUT2D eigenvalue weighted by Crippen LogP contribution is 2.32. The van der Waals surface area contributed by atoms with E-state index in [1.165, 1.54) is 6.07 Å². The van der Waals surface area contributed by atoms with E-state index in [1.807, 2.05) is 6.92 Å². The number of hydrogen-bond acceptors (Lipinski definition) is 3. The molecule has 24 heavy (non-hydrogen) atoms. The third-order valence-electron chi connectivity index (χ3n) is 5.40. The van der Waals surface area contributed by atoms with Crippen molar-refractivity contribution in [1.82, 2.24) is 9.80 Å². The van der Waals surface area contributed by atoms with Crippen molar-refractivity contribution in [2.75, 3.05) is 20.2 Å². The summed E-state index contributed by atoms with van der Waals surface area (Å²) in [5.41, 5.74) is 0.885. The van der Waals surface area contributed by atoms with Gasteiger partial charge in [0.1, 0.15) is 11.6 Å². The number of hydrogen-bond donors (Lipinski definition) is 0. The monoisotopic (exact) mass is 334 g/mol. The zero-order valence-electron chi connectivity index (χ0n) is 14.6. The van der Waals surface area contributed by atoms with Gasteiger partial charge in [0.25, 0.3) is 0 Å². The van der Waals surface area contributed by atoms with Gasteiger partial charge >= 0.3 is 0 Å². The van der Waals surface area contributed by atoms with Crippen LogP contribution in [0.5, 0.6) is 5.75 Å². The van der Waals surface area contributed by atoms with Crippen LogP contribution >= 0.6 is 0 Å². The van der Waals surface area contributed by atoms with E-state index >= 15 is 0 Å². The van der Waals surface area contributed by atoms with Crippen LogP contribution in [0.3, 0.4) is 0 Å². The van der Waals surface area contributed by atoms with E-state index in [1.54, 1.807) is 19.2 Å². The minimum absolute atomic E-state index is 0.231. The zero-order chi connectivity index (χ0) is 17.1. The van der Waals surface area contributed by atoms with Gasteiger partial charge in [0.2, 0.25) is 5.91 Å². The molecular formula is C19H27FN2O2. The molecule has 0 N–H and O–H groups in total. The first-order valence-electron chi connectivity index (χ1n) is 9.00. The number of halogens is 1. The third-order valence-corrected chi connectivity index (χ3v) is 5.40. The molecule has 1 amide bonds. The van der Waals surface area contributed by atoms with Gasteiger partial charge in [-0.3, -0.25) is 9.69 Å². The van der Waals surface area contributed by atoms with E-state index in [0.29, 0.717) is 25.0 Å². The molecule has 0 aromatic heterocycles. The van der Waals surface area contributed by atoms with Crippen molar-refractivity contribution >= 4 is 5.91 Å². The summed E-state index contributed by atoms with van der Waals surface area (Å²) in [4.78, 5) is 16.7. The highest BCUT2D eigenvalue weighted by Gasteiger charge is 2.39. The second kappa shape index (κ2) is 7.51. The molecule has 2 atom stereocenters. The fourth-order valence-corrected chi connectivity index (χ4v) is 4.28. The molecule has 3 rings (SSSR count). The number of carbonyl (C=O) groups excluding carboxylic acids is 1. The zero-order valence-corrected chi connectivity index (χ0v) is 14.6. The maximum atomic E-state index is 13.6. The maximum Gasteiger partial charge on any atom is 0.222 e. The lowest BCUT2D eigenvalue weighted by Crippen LogP contribution is -2.47. The molecule has 2 aliphatic rings. The van der Waals surface area contributed by atoms with Gasteiger partial charge in [0.15, 0.2) is 0 Å². The number of carbonyl (C=O) groups is 1. The predicted octanol–water partition coefficient (Wildman–Crippen LogP) is 3.20. The Morgan fingerprint density at radius 3 is 2.75 bits per heavy atom.